The monoisotopic (exact) mass is 440 g/mol. The number of aromatic carboxylic acids is 1. The first-order valence-corrected chi connectivity index (χ1v) is 9.04. The number of ether oxygens (including phenoxy) is 1. The van der Waals surface area contributed by atoms with E-state index in [9.17, 15) is 9.59 Å². The molecule has 0 heterocycles. The molecule has 0 aromatic heterocycles. The molecule has 0 radical (unpaired) electrons. The number of carbonyl (C=O) groups excluding carboxylic acids is 1. The molecule has 3 N–H and O–H groups in total. The molecule has 26 heavy (non-hydrogen) atoms. The van der Waals surface area contributed by atoms with Crippen LogP contribution in [0.15, 0.2) is 46.9 Å². The highest BCUT2D eigenvalue weighted by molar-refractivity contribution is 9.10. The van der Waals surface area contributed by atoms with Crippen LogP contribution in [0.1, 0.15) is 22.3 Å². The summed E-state index contributed by atoms with van der Waals surface area (Å²) in [6.45, 7) is 1.20. The van der Waals surface area contributed by atoms with Crippen LogP contribution in [0.2, 0.25) is 5.02 Å². The molecule has 0 fully saturated rings. The molecule has 8 heteroatoms. The summed E-state index contributed by atoms with van der Waals surface area (Å²) >= 11 is 9.38. The first-order valence-electron chi connectivity index (χ1n) is 7.87. The number of hydrogen-bond acceptors (Lipinski definition) is 3. The van der Waals surface area contributed by atoms with Gasteiger partial charge in [-0.05, 0) is 42.3 Å². The van der Waals surface area contributed by atoms with Crippen molar-refractivity contribution in [1.82, 2.24) is 10.6 Å². The van der Waals surface area contributed by atoms with Crippen molar-refractivity contribution in [2.24, 2.45) is 0 Å². The number of amides is 2. The predicted octanol–water partition coefficient (Wildman–Crippen LogP) is 4.07. The van der Waals surface area contributed by atoms with Gasteiger partial charge >= 0.3 is 12.0 Å². The molecule has 6 nitrogen and oxygen atoms in total. The van der Waals surface area contributed by atoms with Gasteiger partial charge in [-0.2, -0.15) is 0 Å². The largest absolute Gasteiger partial charge is 0.492 e. The van der Waals surface area contributed by atoms with Crippen molar-refractivity contribution >= 4 is 39.5 Å². The molecule has 0 atom stereocenters. The smallest absolute Gasteiger partial charge is 0.335 e. The maximum Gasteiger partial charge on any atom is 0.335 e. The Labute approximate surface area is 164 Å². The lowest BCUT2D eigenvalue weighted by Crippen LogP contribution is -2.36. The van der Waals surface area contributed by atoms with Gasteiger partial charge in [-0.25, -0.2) is 9.59 Å². The number of carbonyl (C=O) groups is 2. The molecule has 2 aromatic rings. The molecule has 2 aromatic carbocycles. The van der Waals surface area contributed by atoms with Gasteiger partial charge in [0.1, 0.15) is 5.75 Å². The molecule has 0 aliphatic carbocycles. The van der Waals surface area contributed by atoms with Crippen molar-refractivity contribution in [3.63, 3.8) is 0 Å². The lowest BCUT2D eigenvalue weighted by atomic mass is 10.1. The predicted molar refractivity (Wildman–Crippen MR) is 103 cm³/mol. The van der Waals surface area contributed by atoms with Crippen LogP contribution < -0.4 is 15.4 Å². The van der Waals surface area contributed by atoms with Gasteiger partial charge in [-0.15, -0.1) is 0 Å². The van der Waals surface area contributed by atoms with E-state index in [1.54, 1.807) is 24.3 Å². The highest BCUT2D eigenvalue weighted by Crippen LogP contribution is 2.27. The Morgan fingerprint density at radius 3 is 2.50 bits per heavy atom. The van der Waals surface area contributed by atoms with Crippen LogP contribution >= 0.6 is 27.5 Å². The molecule has 138 valence electrons. The molecular weight excluding hydrogens is 424 g/mol. The van der Waals surface area contributed by atoms with Crippen LogP contribution in [0.3, 0.4) is 0 Å². The van der Waals surface area contributed by atoms with Gasteiger partial charge in [0.2, 0.25) is 0 Å². The summed E-state index contributed by atoms with van der Waals surface area (Å²) in [5.74, 6) is -0.377. The Balaban J connectivity index is 1.62. The number of benzene rings is 2. The summed E-state index contributed by atoms with van der Waals surface area (Å²) < 4.78 is 6.44. The Morgan fingerprint density at radius 2 is 1.85 bits per heavy atom. The number of hydrogen-bond donors (Lipinski definition) is 3. The van der Waals surface area contributed by atoms with E-state index in [0.29, 0.717) is 36.9 Å². The van der Waals surface area contributed by atoms with Gasteiger partial charge in [0.05, 0.1) is 17.2 Å². The topological polar surface area (TPSA) is 87.7 Å². The van der Waals surface area contributed by atoms with E-state index in [1.807, 2.05) is 6.07 Å². The van der Waals surface area contributed by atoms with Crippen molar-refractivity contribution in [2.45, 2.75) is 13.0 Å². The van der Waals surface area contributed by atoms with Crippen LogP contribution in [0.25, 0.3) is 0 Å². The molecule has 0 saturated heterocycles. The fraction of sp³-hybridized carbons (Fsp3) is 0.222. The highest BCUT2D eigenvalue weighted by atomic mass is 79.9. The molecule has 0 aliphatic rings. The lowest BCUT2D eigenvalue weighted by Gasteiger charge is -2.10. The van der Waals surface area contributed by atoms with E-state index in [4.69, 9.17) is 21.4 Å². The zero-order valence-electron chi connectivity index (χ0n) is 13.8. The third kappa shape index (κ3) is 6.57. The third-order valence-corrected chi connectivity index (χ3v) is 4.20. The number of rotatable bonds is 8. The van der Waals surface area contributed by atoms with Gasteiger partial charge in [-0.1, -0.05) is 39.7 Å². The van der Waals surface area contributed by atoms with Crippen LogP contribution in [0.5, 0.6) is 5.75 Å². The molecule has 2 rings (SSSR count). The molecule has 0 spiro atoms. The molecular formula is C18H18BrClN2O4. The van der Waals surface area contributed by atoms with Crippen molar-refractivity contribution in [3.8, 4) is 5.75 Å². The Bertz CT molecular complexity index is 768. The standard InChI is InChI=1S/C18H18BrClN2O4/c19-14-6-7-16(15(20)10-14)26-9-1-8-21-18(25)22-11-12-2-4-13(5-3-12)17(23)24/h2-7,10H,1,8-9,11H2,(H,23,24)(H2,21,22,25). The number of nitrogens with one attached hydrogen (secondary N) is 2. The van der Waals surface area contributed by atoms with Gasteiger partial charge in [0, 0.05) is 17.6 Å². The quantitative estimate of drug-likeness (QED) is 0.539. The van der Waals surface area contributed by atoms with E-state index in [1.165, 1.54) is 12.1 Å². The number of urea groups is 1. The van der Waals surface area contributed by atoms with Gasteiger partial charge in [0.15, 0.2) is 0 Å². The van der Waals surface area contributed by atoms with E-state index in [-0.39, 0.29) is 11.6 Å². The first kappa shape index (κ1) is 20.1. The Kier molecular flexibility index (Phi) is 7.74. The summed E-state index contributed by atoms with van der Waals surface area (Å²) in [7, 11) is 0. The van der Waals surface area contributed by atoms with E-state index >= 15 is 0 Å². The summed E-state index contributed by atoms with van der Waals surface area (Å²) in [6, 6.07) is 11.4. The van der Waals surface area contributed by atoms with Crippen molar-refractivity contribution < 1.29 is 19.4 Å². The van der Waals surface area contributed by atoms with Crippen molar-refractivity contribution in [2.75, 3.05) is 13.2 Å². The SMILES string of the molecule is O=C(NCCCOc1ccc(Br)cc1Cl)NCc1ccc(C(=O)O)cc1. The fourth-order valence-corrected chi connectivity index (χ4v) is 2.79. The maximum absolute atomic E-state index is 11.7. The summed E-state index contributed by atoms with van der Waals surface area (Å²) in [4.78, 5) is 22.5. The van der Waals surface area contributed by atoms with Gasteiger partial charge in [-0.3, -0.25) is 0 Å². The zero-order valence-corrected chi connectivity index (χ0v) is 16.1. The summed E-state index contributed by atoms with van der Waals surface area (Å²) in [5.41, 5.74) is 1.03. The number of carboxylic acids is 1. The van der Waals surface area contributed by atoms with Crippen molar-refractivity contribution in [1.29, 1.82) is 0 Å². The average molecular weight is 442 g/mol. The van der Waals surface area contributed by atoms with Crippen LogP contribution in [0, 0.1) is 0 Å². The van der Waals surface area contributed by atoms with Crippen LogP contribution in [-0.2, 0) is 6.54 Å². The minimum absolute atomic E-state index is 0.212. The number of carboxylic acid groups (broad SMARTS) is 1. The number of halogens is 2. The fourth-order valence-electron chi connectivity index (χ4n) is 2.06. The molecule has 0 saturated carbocycles. The molecule has 2 amide bonds. The third-order valence-electron chi connectivity index (χ3n) is 3.41. The minimum atomic E-state index is -0.978. The maximum atomic E-state index is 11.7. The molecule has 0 bridgehead atoms. The van der Waals surface area contributed by atoms with E-state index in [0.717, 1.165) is 10.0 Å². The van der Waals surface area contributed by atoms with E-state index < -0.39 is 5.97 Å². The van der Waals surface area contributed by atoms with Gasteiger partial charge < -0.3 is 20.5 Å². The second-order valence-corrected chi connectivity index (χ2v) is 6.71. The van der Waals surface area contributed by atoms with Crippen molar-refractivity contribution in [3.05, 3.63) is 63.1 Å². The minimum Gasteiger partial charge on any atom is -0.492 e. The first-order chi connectivity index (χ1) is 12.5. The van der Waals surface area contributed by atoms with Crippen LogP contribution in [0.4, 0.5) is 4.79 Å². The Hall–Kier alpha value is -2.25. The summed E-state index contributed by atoms with van der Waals surface area (Å²) in [5, 5.41) is 14.8. The zero-order chi connectivity index (χ0) is 18.9. The van der Waals surface area contributed by atoms with Gasteiger partial charge in [0.25, 0.3) is 0 Å². The Morgan fingerprint density at radius 1 is 1.12 bits per heavy atom. The van der Waals surface area contributed by atoms with E-state index in [2.05, 4.69) is 26.6 Å². The molecule has 0 unspecified atom stereocenters. The second kappa shape index (κ2) is 10.0. The lowest BCUT2D eigenvalue weighted by molar-refractivity contribution is 0.0697. The second-order valence-electron chi connectivity index (χ2n) is 5.39. The molecule has 0 aliphatic heterocycles. The normalized spacial score (nSPS) is 10.2. The average Bonchev–Trinajstić information content (AvgIpc) is 2.61. The van der Waals surface area contributed by atoms with Crippen LogP contribution in [-0.4, -0.2) is 30.3 Å². The highest BCUT2D eigenvalue weighted by Gasteiger charge is 2.04. The summed E-state index contributed by atoms with van der Waals surface area (Å²) in [6.07, 6.45) is 0.632.